The molecule has 16 heavy (non-hydrogen) atoms. The van der Waals surface area contributed by atoms with E-state index in [4.69, 9.17) is 11.6 Å². The van der Waals surface area contributed by atoms with Crippen molar-refractivity contribution in [2.24, 2.45) is 7.05 Å². The van der Waals surface area contributed by atoms with Gasteiger partial charge in [0.25, 0.3) is 0 Å². The van der Waals surface area contributed by atoms with Crippen LogP contribution < -0.4 is 0 Å². The molecule has 2 rings (SSSR count). The first-order chi connectivity index (χ1) is 7.61. The summed E-state index contributed by atoms with van der Waals surface area (Å²) in [6.45, 7) is 1.84. The molecule has 1 heterocycles. The van der Waals surface area contributed by atoms with Gasteiger partial charge in [-0.05, 0) is 12.5 Å². The maximum absolute atomic E-state index is 10.2. The molecule has 1 N–H and O–H groups in total. The van der Waals surface area contributed by atoms with Crippen LogP contribution in [0.2, 0.25) is 5.15 Å². The van der Waals surface area contributed by atoms with Gasteiger partial charge < -0.3 is 5.11 Å². The number of aryl methyl sites for hydroxylation is 2. The van der Waals surface area contributed by atoms with Crippen LogP contribution >= 0.6 is 11.6 Å². The third-order valence-corrected chi connectivity index (χ3v) is 3.03. The number of rotatable bonds is 2. The van der Waals surface area contributed by atoms with Gasteiger partial charge in [-0.1, -0.05) is 41.9 Å². The summed E-state index contributed by atoms with van der Waals surface area (Å²) in [6, 6.07) is 9.42. The molecular weight excluding hydrogens is 224 g/mol. The molecule has 1 aromatic heterocycles. The van der Waals surface area contributed by atoms with Gasteiger partial charge in [0.05, 0.1) is 5.69 Å². The Bertz CT molecular complexity index is 493. The first-order valence-electron chi connectivity index (χ1n) is 5.03. The predicted octanol–water partition coefficient (Wildman–Crippen LogP) is 2.46. The Labute approximate surface area is 99.3 Å². The fourth-order valence-corrected chi connectivity index (χ4v) is 2.04. The van der Waals surface area contributed by atoms with Crippen molar-refractivity contribution in [1.29, 1.82) is 0 Å². The summed E-state index contributed by atoms with van der Waals surface area (Å²) >= 11 is 6.10. The number of hydrogen-bond acceptors (Lipinski definition) is 2. The number of nitrogens with zero attached hydrogens (tertiary/aromatic N) is 2. The smallest absolute Gasteiger partial charge is 0.133 e. The van der Waals surface area contributed by atoms with E-state index in [-0.39, 0.29) is 0 Å². The molecule has 1 unspecified atom stereocenters. The van der Waals surface area contributed by atoms with Gasteiger partial charge >= 0.3 is 0 Å². The van der Waals surface area contributed by atoms with E-state index in [0.717, 1.165) is 11.3 Å². The van der Waals surface area contributed by atoms with Crippen molar-refractivity contribution >= 4 is 11.6 Å². The monoisotopic (exact) mass is 236 g/mol. The van der Waals surface area contributed by atoms with Crippen molar-refractivity contribution in [3.05, 3.63) is 52.3 Å². The fourth-order valence-electron chi connectivity index (χ4n) is 1.76. The summed E-state index contributed by atoms with van der Waals surface area (Å²) in [4.78, 5) is 0. The molecule has 0 bridgehead atoms. The van der Waals surface area contributed by atoms with E-state index in [2.05, 4.69) is 5.10 Å². The molecule has 0 aliphatic rings. The van der Waals surface area contributed by atoms with Gasteiger partial charge in [0.15, 0.2) is 0 Å². The lowest BCUT2D eigenvalue weighted by Gasteiger charge is -2.10. The zero-order valence-corrected chi connectivity index (χ0v) is 9.94. The van der Waals surface area contributed by atoms with Crippen LogP contribution in [0.5, 0.6) is 0 Å². The summed E-state index contributed by atoms with van der Waals surface area (Å²) in [5.74, 6) is 0. The average molecular weight is 237 g/mol. The van der Waals surface area contributed by atoms with Crippen molar-refractivity contribution in [1.82, 2.24) is 9.78 Å². The molecule has 1 atom stereocenters. The average Bonchev–Trinajstić information content (AvgIpc) is 2.54. The quantitative estimate of drug-likeness (QED) is 0.870. The summed E-state index contributed by atoms with van der Waals surface area (Å²) in [5.41, 5.74) is 2.25. The predicted molar refractivity (Wildman–Crippen MR) is 63.5 cm³/mol. The highest BCUT2D eigenvalue weighted by Crippen LogP contribution is 2.30. The first kappa shape index (κ1) is 11.2. The number of benzene rings is 1. The Morgan fingerprint density at radius 1 is 1.31 bits per heavy atom. The highest BCUT2D eigenvalue weighted by molar-refractivity contribution is 6.30. The first-order valence-corrected chi connectivity index (χ1v) is 5.41. The van der Waals surface area contributed by atoms with E-state index in [0.29, 0.717) is 10.7 Å². The van der Waals surface area contributed by atoms with Crippen molar-refractivity contribution < 1.29 is 5.11 Å². The van der Waals surface area contributed by atoms with Crippen molar-refractivity contribution in [2.75, 3.05) is 0 Å². The van der Waals surface area contributed by atoms with Crippen molar-refractivity contribution in [3.8, 4) is 0 Å². The van der Waals surface area contributed by atoms with E-state index in [1.807, 2.05) is 37.3 Å². The second kappa shape index (κ2) is 4.28. The number of aliphatic hydroxyl groups is 1. The Kier molecular flexibility index (Phi) is 2.99. The largest absolute Gasteiger partial charge is 0.383 e. The molecule has 0 radical (unpaired) electrons. The lowest BCUT2D eigenvalue weighted by Crippen LogP contribution is -2.01. The van der Waals surface area contributed by atoms with Crippen LogP contribution in [0.15, 0.2) is 30.3 Å². The molecule has 4 heteroatoms. The van der Waals surface area contributed by atoms with Gasteiger partial charge in [-0.2, -0.15) is 5.10 Å². The van der Waals surface area contributed by atoms with E-state index in [1.54, 1.807) is 11.7 Å². The molecule has 1 aromatic carbocycles. The van der Waals surface area contributed by atoms with Crippen molar-refractivity contribution in [2.45, 2.75) is 13.0 Å². The Hall–Kier alpha value is -1.32. The highest BCUT2D eigenvalue weighted by atomic mass is 35.5. The second-order valence-corrected chi connectivity index (χ2v) is 4.08. The molecular formula is C12H13ClN2O. The van der Waals surface area contributed by atoms with E-state index in [1.165, 1.54) is 0 Å². The zero-order chi connectivity index (χ0) is 11.7. The van der Waals surface area contributed by atoms with E-state index in [9.17, 15) is 5.11 Å². The lowest BCUT2D eigenvalue weighted by atomic mass is 10.0. The fraction of sp³-hybridized carbons (Fsp3) is 0.250. The SMILES string of the molecule is Cc1nn(C)c(Cl)c1C(O)c1ccccc1. The number of aliphatic hydroxyl groups excluding tert-OH is 1. The number of hydrogen-bond donors (Lipinski definition) is 1. The molecule has 0 amide bonds. The van der Waals surface area contributed by atoms with Crippen LogP contribution in [0.4, 0.5) is 0 Å². The van der Waals surface area contributed by atoms with E-state index < -0.39 is 6.10 Å². The summed E-state index contributed by atoms with van der Waals surface area (Å²) in [7, 11) is 1.76. The lowest BCUT2D eigenvalue weighted by molar-refractivity contribution is 0.219. The summed E-state index contributed by atoms with van der Waals surface area (Å²) < 4.78 is 1.57. The topological polar surface area (TPSA) is 38.0 Å². The molecule has 0 fully saturated rings. The molecule has 0 aliphatic carbocycles. The third kappa shape index (κ3) is 1.84. The van der Waals surface area contributed by atoms with Gasteiger partial charge in [0.1, 0.15) is 11.3 Å². The maximum atomic E-state index is 10.2. The molecule has 0 saturated carbocycles. The van der Waals surface area contributed by atoms with E-state index >= 15 is 0 Å². The van der Waals surface area contributed by atoms with Crippen LogP contribution in [0.1, 0.15) is 22.9 Å². The molecule has 0 saturated heterocycles. The van der Waals surface area contributed by atoms with Gasteiger partial charge in [-0.3, -0.25) is 4.68 Å². The minimum absolute atomic E-state index is 0.480. The maximum Gasteiger partial charge on any atom is 0.133 e. The molecule has 2 aromatic rings. The van der Waals surface area contributed by atoms with Gasteiger partial charge in [-0.15, -0.1) is 0 Å². The Morgan fingerprint density at radius 3 is 2.44 bits per heavy atom. The van der Waals surface area contributed by atoms with Crippen LogP contribution in [0.25, 0.3) is 0 Å². The normalized spacial score (nSPS) is 12.8. The Balaban J connectivity index is 2.45. The van der Waals surface area contributed by atoms with Crippen LogP contribution in [0.3, 0.4) is 0 Å². The van der Waals surface area contributed by atoms with Gasteiger partial charge in [0.2, 0.25) is 0 Å². The third-order valence-electron chi connectivity index (χ3n) is 2.58. The molecule has 3 nitrogen and oxygen atoms in total. The van der Waals surface area contributed by atoms with Crippen LogP contribution in [-0.2, 0) is 7.05 Å². The number of aromatic nitrogens is 2. The van der Waals surface area contributed by atoms with Gasteiger partial charge in [0, 0.05) is 12.6 Å². The van der Waals surface area contributed by atoms with Crippen molar-refractivity contribution in [3.63, 3.8) is 0 Å². The van der Waals surface area contributed by atoms with Crippen LogP contribution in [0, 0.1) is 6.92 Å². The minimum Gasteiger partial charge on any atom is -0.383 e. The zero-order valence-electron chi connectivity index (χ0n) is 9.18. The van der Waals surface area contributed by atoms with Crippen LogP contribution in [-0.4, -0.2) is 14.9 Å². The second-order valence-electron chi connectivity index (χ2n) is 3.73. The molecule has 84 valence electrons. The standard InChI is InChI=1S/C12H13ClN2O/c1-8-10(12(13)15(2)14-8)11(16)9-6-4-3-5-7-9/h3-7,11,16H,1-2H3. The number of halogens is 1. The Morgan fingerprint density at radius 2 is 1.94 bits per heavy atom. The molecule has 0 spiro atoms. The highest BCUT2D eigenvalue weighted by Gasteiger charge is 2.20. The minimum atomic E-state index is -0.720. The molecule has 0 aliphatic heterocycles. The summed E-state index contributed by atoms with van der Waals surface area (Å²) in [6.07, 6.45) is -0.720. The summed E-state index contributed by atoms with van der Waals surface area (Å²) in [5, 5.41) is 14.9. The van der Waals surface area contributed by atoms with Gasteiger partial charge in [-0.25, -0.2) is 0 Å².